The molecule has 0 aliphatic heterocycles. The van der Waals surface area contributed by atoms with Gasteiger partial charge in [0.05, 0.1) is 32.5 Å². The van der Waals surface area contributed by atoms with E-state index in [0.717, 1.165) is 35.0 Å². The van der Waals surface area contributed by atoms with Crippen molar-refractivity contribution in [3.63, 3.8) is 0 Å². The number of nitrogens with zero attached hydrogens (tertiary/aromatic N) is 6. The highest BCUT2D eigenvalue weighted by Crippen LogP contribution is 2.56. The zero-order chi connectivity index (χ0) is 52.7. The Bertz CT molecular complexity index is 2960. The third-order valence-corrected chi connectivity index (χ3v) is 12.7. The molecule has 382 valence electrons. The van der Waals surface area contributed by atoms with Crippen LogP contribution < -0.4 is 10.6 Å². The first kappa shape index (κ1) is 53.6. The molecule has 2 saturated carbocycles. The van der Waals surface area contributed by atoms with Crippen LogP contribution in [0.2, 0.25) is 25.2 Å². The van der Waals surface area contributed by atoms with Crippen molar-refractivity contribution in [1.82, 2.24) is 39.3 Å². The van der Waals surface area contributed by atoms with E-state index in [1.165, 1.54) is 35.4 Å². The van der Waals surface area contributed by atoms with Gasteiger partial charge in [0.25, 0.3) is 11.8 Å². The Labute approximate surface area is 415 Å². The minimum Gasteiger partial charge on any atom is -0.348 e. The van der Waals surface area contributed by atoms with Gasteiger partial charge in [-0.05, 0) is 62.1 Å². The number of aryl methyl sites for hydroxylation is 1. The lowest BCUT2D eigenvalue weighted by Crippen LogP contribution is -2.50. The van der Waals surface area contributed by atoms with Crippen molar-refractivity contribution in [1.29, 1.82) is 0 Å². The fourth-order valence-corrected chi connectivity index (χ4v) is 8.62. The molecule has 2 amide bonds. The maximum atomic E-state index is 14.5. The molecule has 6 aromatic rings. The molecule has 2 aromatic carbocycles. The molecular weight excluding hydrogens is 1090 g/mol. The Hall–Kier alpha value is -5.17. The van der Waals surface area contributed by atoms with Gasteiger partial charge in [-0.1, -0.05) is 58.0 Å². The number of alkyl halides is 14. The predicted octanol–water partition coefficient (Wildman–Crippen LogP) is 13.4. The van der Waals surface area contributed by atoms with Crippen LogP contribution in [0, 0.1) is 0 Å². The minimum absolute atomic E-state index is 0.0994. The monoisotopic (exact) mass is 1120 g/mol. The molecule has 8 rings (SSSR count). The van der Waals surface area contributed by atoms with Crippen LogP contribution >= 0.6 is 58.0 Å². The van der Waals surface area contributed by atoms with Gasteiger partial charge in [-0.25, -0.2) is 18.1 Å². The molecule has 2 aliphatic carbocycles. The van der Waals surface area contributed by atoms with E-state index >= 15 is 0 Å². The van der Waals surface area contributed by atoms with Crippen LogP contribution in [0.4, 0.5) is 61.5 Å². The first-order valence-corrected chi connectivity index (χ1v) is 22.0. The van der Waals surface area contributed by atoms with Gasteiger partial charge < -0.3 is 19.8 Å². The van der Waals surface area contributed by atoms with E-state index in [1.807, 2.05) is 0 Å². The third kappa shape index (κ3) is 10.1. The molecule has 4 heterocycles. The number of carbonyl (C=O) groups is 2. The van der Waals surface area contributed by atoms with Crippen LogP contribution in [0.5, 0.6) is 0 Å². The van der Waals surface area contributed by atoms with Crippen LogP contribution in [-0.4, -0.2) is 77.3 Å². The highest BCUT2D eigenvalue weighted by molar-refractivity contribution is 6.38. The van der Waals surface area contributed by atoms with Gasteiger partial charge in [0, 0.05) is 78.2 Å². The predicted molar refractivity (Wildman–Crippen MR) is 232 cm³/mol. The second-order valence-electron chi connectivity index (χ2n) is 16.2. The molecule has 2 N–H and O–H groups in total. The summed E-state index contributed by atoms with van der Waals surface area (Å²) >= 11 is 30.2. The first-order chi connectivity index (χ1) is 32.7. The van der Waals surface area contributed by atoms with Crippen LogP contribution in [0.3, 0.4) is 0 Å². The quantitative estimate of drug-likeness (QED) is 0.133. The van der Waals surface area contributed by atoms with Crippen molar-refractivity contribution in [2.75, 3.05) is 0 Å². The molecule has 0 radical (unpaired) electrons. The Kier molecular flexibility index (Phi) is 14.1. The number of amides is 2. The Morgan fingerprint density at radius 1 is 0.521 bits per heavy atom. The lowest BCUT2D eigenvalue weighted by atomic mass is 9.94. The molecule has 0 spiro atoms. The largest absolute Gasteiger partial charge is 0.435 e. The average Bonchev–Trinajstić information content (AvgIpc) is 4.03. The lowest BCUT2D eigenvalue weighted by Gasteiger charge is -2.30. The van der Waals surface area contributed by atoms with E-state index in [1.54, 1.807) is 30.9 Å². The number of hydrogen-bond donors (Lipinski definition) is 2. The smallest absolute Gasteiger partial charge is 0.348 e. The normalized spacial score (nSPS) is 14.9. The van der Waals surface area contributed by atoms with Crippen molar-refractivity contribution in [3.05, 3.63) is 115 Å². The summed E-state index contributed by atoms with van der Waals surface area (Å²) in [6.45, 7) is 0. The summed E-state index contributed by atoms with van der Waals surface area (Å²) in [5, 5.41) is 11.1. The van der Waals surface area contributed by atoms with E-state index < -0.39 is 67.3 Å². The summed E-state index contributed by atoms with van der Waals surface area (Å²) in [5.74, 6) is -0.606. The number of hydrogen-bond acceptors (Lipinski definition) is 4. The summed E-state index contributed by atoms with van der Waals surface area (Å²) < 4.78 is 191. The highest BCUT2D eigenvalue weighted by atomic mass is 35.5. The maximum absolute atomic E-state index is 14.5. The van der Waals surface area contributed by atoms with Crippen molar-refractivity contribution in [2.24, 2.45) is 14.1 Å². The second-order valence-corrected chi connectivity index (χ2v) is 18.2. The summed E-state index contributed by atoms with van der Waals surface area (Å²) in [6.07, 6.45) is -14.8. The second kappa shape index (κ2) is 18.7. The number of benzene rings is 2. The van der Waals surface area contributed by atoms with Gasteiger partial charge in [-0.2, -0.15) is 62.9 Å². The lowest BCUT2D eigenvalue weighted by molar-refractivity contribution is -0.349. The molecule has 0 unspecified atom stereocenters. The first-order valence-electron chi connectivity index (χ1n) is 20.1. The van der Waals surface area contributed by atoms with Crippen molar-refractivity contribution < 1.29 is 71.1 Å². The molecule has 4 aromatic heterocycles. The van der Waals surface area contributed by atoms with Crippen molar-refractivity contribution in [3.8, 4) is 33.6 Å². The summed E-state index contributed by atoms with van der Waals surface area (Å²) in [7, 11) is 3.22. The van der Waals surface area contributed by atoms with Gasteiger partial charge in [0.1, 0.15) is 27.9 Å². The number of rotatable bonds is 10. The summed E-state index contributed by atoms with van der Waals surface area (Å²) in [6, 6.07) is 4.16. The Morgan fingerprint density at radius 3 is 1.27 bits per heavy atom. The number of nitrogens with one attached hydrogen (secondary N) is 2. The van der Waals surface area contributed by atoms with Crippen molar-refractivity contribution >= 4 is 69.8 Å². The highest BCUT2D eigenvalue weighted by Gasteiger charge is 2.74. The van der Waals surface area contributed by atoms with Crippen molar-refractivity contribution in [2.45, 2.75) is 73.8 Å². The van der Waals surface area contributed by atoms with E-state index in [9.17, 15) is 71.1 Å². The fourth-order valence-electron chi connectivity index (χ4n) is 7.04. The zero-order valence-corrected chi connectivity index (χ0v) is 39.3. The van der Waals surface area contributed by atoms with Gasteiger partial charge in [0.2, 0.25) is 0 Å². The summed E-state index contributed by atoms with van der Waals surface area (Å²) in [5.41, 5.74) is -13.2. The molecule has 71 heavy (non-hydrogen) atoms. The van der Waals surface area contributed by atoms with Crippen LogP contribution in [0.15, 0.2) is 67.4 Å². The number of halogens is 19. The number of aromatic nitrogens is 6. The topological polar surface area (TPSA) is 104 Å². The van der Waals surface area contributed by atoms with Gasteiger partial charge in [-0.15, -0.1) is 0 Å². The fraction of sp³-hybridized carbons (Fsp3) is 0.333. The van der Waals surface area contributed by atoms with E-state index in [-0.39, 0.29) is 70.4 Å². The van der Waals surface area contributed by atoms with Gasteiger partial charge >= 0.3 is 36.0 Å². The van der Waals surface area contributed by atoms with Crippen LogP contribution in [-0.2, 0) is 25.4 Å². The van der Waals surface area contributed by atoms with Crippen LogP contribution in [0.1, 0.15) is 57.8 Å². The maximum Gasteiger partial charge on any atom is 0.435 e. The minimum atomic E-state index is -6.33. The Morgan fingerprint density at radius 2 is 0.887 bits per heavy atom. The SMILES string of the molecule is Cn1c(C(=O)NC2CC2)cc(-c2cnn(-c3c(Cl)cc(C(F)(C(F)(F)F)C(F)(F)F)cc3Cl)c2)c1Cl.Cn1cc(-c2cnn(-c3c(Cl)cc(C(F)(C(F)(F)F)C(F)(F)F)cc3Cl)c2)cc1C(=O)NC1CC1. The van der Waals surface area contributed by atoms with Gasteiger partial charge in [-0.3, -0.25) is 9.59 Å². The number of carbonyl (C=O) groups excluding carboxylic acids is 2. The zero-order valence-electron chi connectivity index (χ0n) is 35.5. The standard InChI is InChI=1S/C21H14Cl3F7N4O.C21H15Cl2F7N4O/c1-34-15(18(36)33-11-2-3-11)6-12(17(34)24)9-7-32-35(8-9)16-13(22)4-10(5-14(16)23)19(25,20(26,27)28)21(29,30)31;1-33-8-10(4-16(33)18(35)32-13-2-3-13)11-7-31-34(9-11)17-14(22)5-12(6-15(17)23)19(24,20(25,26)27)21(28,29)30/h4-8,11H,2-3H2,1H3,(H,33,36);4-9,13H,2-3H2,1H3,(H,32,35). The molecule has 0 bridgehead atoms. The Balaban J connectivity index is 0.000000209. The van der Waals surface area contributed by atoms with Crippen LogP contribution in [0.25, 0.3) is 33.6 Å². The van der Waals surface area contributed by atoms with Gasteiger partial charge in [0.15, 0.2) is 0 Å². The summed E-state index contributed by atoms with van der Waals surface area (Å²) in [4.78, 5) is 24.8. The molecule has 2 fully saturated rings. The average molecular weight is 1120 g/mol. The third-order valence-electron chi connectivity index (χ3n) is 11.1. The molecule has 10 nitrogen and oxygen atoms in total. The van der Waals surface area contributed by atoms with E-state index in [4.69, 9.17) is 58.0 Å². The molecule has 0 atom stereocenters. The molecular formula is C42H29Cl5F14N8O2. The molecule has 29 heteroatoms. The van der Waals surface area contributed by atoms with E-state index in [2.05, 4.69) is 20.8 Å². The molecule has 2 aliphatic rings. The molecule has 0 saturated heterocycles. The van der Waals surface area contributed by atoms with E-state index in [0.29, 0.717) is 27.9 Å².